The predicted octanol–water partition coefficient (Wildman–Crippen LogP) is 2.92. The van der Waals surface area contributed by atoms with Gasteiger partial charge in [-0.05, 0) is 29.0 Å². The number of benzene rings is 1. The summed E-state index contributed by atoms with van der Waals surface area (Å²) in [7, 11) is 0. The zero-order valence-electron chi connectivity index (χ0n) is 8.83. The summed E-state index contributed by atoms with van der Waals surface area (Å²) in [5.41, 5.74) is 1.30. The highest BCUT2D eigenvalue weighted by Gasteiger charge is 2.13. The van der Waals surface area contributed by atoms with Crippen LogP contribution in [0.15, 0.2) is 48.1 Å². The van der Waals surface area contributed by atoms with Crippen LogP contribution in [0.1, 0.15) is 15.9 Å². The molecule has 0 unspecified atom stereocenters. The Morgan fingerprint density at radius 2 is 2.06 bits per heavy atom. The summed E-state index contributed by atoms with van der Waals surface area (Å²) >= 11 is 1.58. The van der Waals surface area contributed by atoms with E-state index in [1.807, 2.05) is 29.6 Å². The number of carbonyl (C=O) groups excluding carboxylic acids is 1. The van der Waals surface area contributed by atoms with Crippen molar-refractivity contribution in [3.63, 3.8) is 0 Å². The Bertz CT molecular complexity index is 676. The molecular formula is C13H8N2OS. The Hall–Kier alpha value is -2.07. The zero-order chi connectivity index (χ0) is 11.7. The first-order valence-electron chi connectivity index (χ1n) is 5.14. The molecule has 0 bridgehead atoms. The van der Waals surface area contributed by atoms with Gasteiger partial charge >= 0.3 is 0 Å². The Morgan fingerprint density at radius 1 is 1.12 bits per heavy atom. The normalized spacial score (nSPS) is 10.6. The molecule has 0 saturated carbocycles. The predicted molar refractivity (Wildman–Crippen MR) is 67.3 cm³/mol. The molecule has 17 heavy (non-hydrogen) atoms. The van der Waals surface area contributed by atoms with Crippen LogP contribution in [-0.2, 0) is 0 Å². The topological polar surface area (TPSA) is 42.9 Å². The molecule has 0 N–H and O–H groups in total. The number of hydrogen-bond donors (Lipinski definition) is 0. The van der Waals surface area contributed by atoms with E-state index >= 15 is 0 Å². The van der Waals surface area contributed by atoms with E-state index in [9.17, 15) is 4.79 Å². The average molecular weight is 240 g/mol. The Labute approximate surface area is 102 Å². The maximum absolute atomic E-state index is 12.3. The monoisotopic (exact) mass is 240 g/mol. The molecule has 4 heteroatoms. The first kappa shape index (κ1) is 10.1. The van der Waals surface area contributed by atoms with E-state index in [4.69, 9.17) is 0 Å². The van der Waals surface area contributed by atoms with E-state index in [0.29, 0.717) is 5.56 Å². The number of fused-ring (bicyclic) bond motifs is 1. The van der Waals surface area contributed by atoms with Gasteiger partial charge in [0, 0.05) is 15.8 Å². The molecular weight excluding hydrogens is 232 g/mol. The van der Waals surface area contributed by atoms with Crippen LogP contribution in [0, 0.1) is 0 Å². The molecule has 0 amide bonds. The number of carbonyl (C=O) groups is 1. The molecule has 0 spiro atoms. The van der Waals surface area contributed by atoms with Crippen molar-refractivity contribution in [2.75, 3.05) is 0 Å². The highest BCUT2D eigenvalue weighted by molar-refractivity contribution is 7.17. The van der Waals surface area contributed by atoms with Crippen molar-refractivity contribution in [3.05, 3.63) is 59.2 Å². The molecule has 3 rings (SSSR count). The Morgan fingerprint density at radius 3 is 2.88 bits per heavy atom. The molecule has 3 nitrogen and oxygen atoms in total. The van der Waals surface area contributed by atoms with Crippen LogP contribution in [-0.4, -0.2) is 16.0 Å². The van der Waals surface area contributed by atoms with E-state index in [2.05, 4.69) is 10.2 Å². The molecule has 2 heterocycles. The van der Waals surface area contributed by atoms with Crippen LogP contribution in [0.5, 0.6) is 0 Å². The SMILES string of the molecule is O=C(c1ccnnc1)c1cccc2ccsc12. The second-order valence-electron chi connectivity index (χ2n) is 3.60. The average Bonchev–Trinajstić information content (AvgIpc) is 2.87. The van der Waals surface area contributed by atoms with Crippen molar-refractivity contribution in [3.8, 4) is 0 Å². The lowest BCUT2D eigenvalue weighted by Crippen LogP contribution is -2.02. The number of aromatic nitrogens is 2. The van der Waals surface area contributed by atoms with E-state index in [-0.39, 0.29) is 5.78 Å². The van der Waals surface area contributed by atoms with Crippen LogP contribution in [0.25, 0.3) is 10.1 Å². The number of nitrogens with zero attached hydrogens (tertiary/aromatic N) is 2. The largest absolute Gasteiger partial charge is 0.288 e. The lowest BCUT2D eigenvalue weighted by atomic mass is 10.0. The summed E-state index contributed by atoms with van der Waals surface area (Å²) in [6.45, 7) is 0. The fourth-order valence-corrected chi connectivity index (χ4v) is 2.66. The van der Waals surface area contributed by atoms with E-state index in [0.717, 1.165) is 15.6 Å². The summed E-state index contributed by atoms with van der Waals surface area (Å²) in [5.74, 6) is -0.00653. The van der Waals surface area contributed by atoms with E-state index < -0.39 is 0 Å². The van der Waals surface area contributed by atoms with Crippen molar-refractivity contribution >= 4 is 27.2 Å². The Kier molecular flexibility index (Phi) is 2.42. The quantitative estimate of drug-likeness (QED) is 0.647. The van der Waals surface area contributed by atoms with Gasteiger partial charge in [0.1, 0.15) is 0 Å². The van der Waals surface area contributed by atoms with E-state index in [1.165, 1.54) is 12.4 Å². The first-order valence-corrected chi connectivity index (χ1v) is 6.02. The number of hydrogen-bond acceptors (Lipinski definition) is 4. The van der Waals surface area contributed by atoms with Gasteiger partial charge in [-0.3, -0.25) is 4.79 Å². The first-order chi connectivity index (χ1) is 8.36. The minimum Gasteiger partial charge on any atom is -0.288 e. The standard InChI is InChI=1S/C13H8N2OS/c16-12(10-4-6-14-15-8-10)11-3-1-2-9-5-7-17-13(9)11/h1-8H. The smallest absolute Gasteiger partial charge is 0.196 e. The van der Waals surface area contributed by atoms with Gasteiger partial charge in [0.15, 0.2) is 5.78 Å². The second kappa shape index (κ2) is 4.07. The number of ketones is 1. The summed E-state index contributed by atoms with van der Waals surface area (Å²) in [4.78, 5) is 12.3. The molecule has 0 aliphatic carbocycles. The molecule has 0 aliphatic heterocycles. The van der Waals surface area contributed by atoms with Gasteiger partial charge in [0.25, 0.3) is 0 Å². The molecule has 0 fully saturated rings. The summed E-state index contributed by atoms with van der Waals surface area (Å²) in [6.07, 6.45) is 3.02. The van der Waals surface area contributed by atoms with Crippen LogP contribution >= 0.6 is 11.3 Å². The lowest BCUT2D eigenvalue weighted by Gasteiger charge is -2.01. The number of thiophene rings is 1. The number of rotatable bonds is 2. The minimum atomic E-state index is -0.00653. The fraction of sp³-hybridized carbons (Fsp3) is 0. The highest BCUT2D eigenvalue weighted by atomic mass is 32.1. The molecule has 0 saturated heterocycles. The van der Waals surface area contributed by atoms with Crippen molar-refractivity contribution in [2.24, 2.45) is 0 Å². The summed E-state index contributed by atoms with van der Waals surface area (Å²) < 4.78 is 1.02. The van der Waals surface area contributed by atoms with Gasteiger partial charge < -0.3 is 0 Å². The molecule has 1 aromatic carbocycles. The maximum atomic E-state index is 12.3. The van der Waals surface area contributed by atoms with Crippen molar-refractivity contribution < 1.29 is 4.79 Å². The van der Waals surface area contributed by atoms with Gasteiger partial charge in [-0.15, -0.1) is 11.3 Å². The van der Waals surface area contributed by atoms with Crippen LogP contribution < -0.4 is 0 Å². The minimum absolute atomic E-state index is 0.00653. The van der Waals surface area contributed by atoms with Gasteiger partial charge in [0.2, 0.25) is 0 Å². The van der Waals surface area contributed by atoms with Gasteiger partial charge in [-0.1, -0.05) is 12.1 Å². The molecule has 82 valence electrons. The zero-order valence-corrected chi connectivity index (χ0v) is 9.65. The molecule has 2 aromatic heterocycles. The van der Waals surface area contributed by atoms with Crippen LogP contribution in [0.3, 0.4) is 0 Å². The summed E-state index contributed by atoms with van der Waals surface area (Å²) in [6, 6.07) is 9.45. The molecule has 3 aromatic rings. The molecule has 0 aliphatic rings. The van der Waals surface area contributed by atoms with E-state index in [1.54, 1.807) is 17.4 Å². The third kappa shape index (κ3) is 1.72. The van der Waals surface area contributed by atoms with Gasteiger partial charge in [0.05, 0.1) is 12.4 Å². The Balaban J connectivity index is 2.16. The fourth-order valence-electron chi connectivity index (χ4n) is 1.75. The molecule has 0 atom stereocenters. The van der Waals surface area contributed by atoms with Gasteiger partial charge in [-0.25, -0.2) is 0 Å². The lowest BCUT2D eigenvalue weighted by molar-refractivity contribution is 0.104. The van der Waals surface area contributed by atoms with Crippen molar-refractivity contribution in [1.29, 1.82) is 0 Å². The molecule has 0 radical (unpaired) electrons. The van der Waals surface area contributed by atoms with Crippen LogP contribution in [0.2, 0.25) is 0 Å². The highest BCUT2D eigenvalue weighted by Crippen LogP contribution is 2.26. The van der Waals surface area contributed by atoms with Gasteiger partial charge in [-0.2, -0.15) is 10.2 Å². The third-order valence-electron chi connectivity index (χ3n) is 2.57. The third-order valence-corrected chi connectivity index (χ3v) is 3.53. The van der Waals surface area contributed by atoms with Crippen molar-refractivity contribution in [2.45, 2.75) is 0 Å². The second-order valence-corrected chi connectivity index (χ2v) is 4.52. The van der Waals surface area contributed by atoms with Crippen molar-refractivity contribution in [1.82, 2.24) is 10.2 Å². The van der Waals surface area contributed by atoms with Crippen LogP contribution in [0.4, 0.5) is 0 Å². The summed E-state index contributed by atoms with van der Waals surface area (Å²) in [5, 5.41) is 10.5. The maximum Gasteiger partial charge on any atom is 0.196 e.